The summed E-state index contributed by atoms with van der Waals surface area (Å²) in [6, 6.07) is 17.4. The number of fused-ring (bicyclic) bond motifs is 3. The molecule has 1 heterocycles. The molecule has 2 heteroatoms. The highest BCUT2D eigenvalue weighted by molar-refractivity contribution is 5.65. The molecular weight excluding hydrogens is 294 g/mol. The van der Waals surface area contributed by atoms with E-state index in [0.29, 0.717) is 18.6 Å². The molecule has 0 spiro atoms. The maximum atomic E-state index is 6.04. The average Bonchev–Trinajstić information content (AvgIpc) is 3.11. The minimum atomic E-state index is 0.198. The normalized spacial score (nSPS) is 27.7. The van der Waals surface area contributed by atoms with Gasteiger partial charge in [-0.2, -0.15) is 0 Å². The number of anilines is 1. The third-order valence-electron chi connectivity index (χ3n) is 5.96. The molecule has 0 saturated heterocycles. The van der Waals surface area contributed by atoms with Gasteiger partial charge in [-0.15, -0.1) is 6.58 Å². The highest BCUT2D eigenvalue weighted by Gasteiger charge is 2.50. The molecule has 1 aliphatic carbocycles. The van der Waals surface area contributed by atoms with Crippen LogP contribution in [0.1, 0.15) is 36.8 Å². The van der Waals surface area contributed by atoms with Crippen LogP contribution in [0.25, 0.3) is 0 Å². The molecule has 2 aliphatic rings. The standard InChI is InChI=1S/C22H25NO/c1-4-22(2)13-12-18-19-14-17(10-11-20(19)23(3)21(18)22)24-15-16-8-6-5-7-9-16/h4-11,14,18,21H,1,12-13,15H2,2-3H3. The fourth-order valence-electron chi connectivity index (χ4n) is 4.62. The van der Waals surface area contributed by atoms with Crippen molar-refractivity contribution >= 4 is 5.69 Å². The van der Waals surface area contributed by atoms with Crippen molar-refractivity contribution < 1.29 is 4.74 Å². The monoisotopic (exact) mass is 319 g/mol. The minimum Gasteiger partial charge on any atom is -0.489 e. The van der Waals surface area contributed by atoms with Crippen molar-refractivity contribution in [2.45, 2.75) is 38.3 Å². The van der Waals surface area contributed by atoms with Gasteiger partial charge in [0.15, 0.2) is 0 Å². The second kappa shape index (κ2) is 5.70. The predicted molar refractivity (Wildman–Crippen MR) is 99.7 cm³/mol. The van der Waals surface area contributed by atoms with E-state index in [1.807, 2.05) is 6.07 Å². The lowest BCUT2D eigenvalue weighted by Gasteiger charge is -2.34. The van der Waals surface area contributed by atoms with Crippen LogP contribution in [0.15, 0.2) is 61.2 Å². The zero-order valence-corrected chi connectivity index (χ0v) is 14.5. The number of nitrogens with zero attached hydrogens (tertiary/aromatic N) is 1. The minimum absolute atomic E-state index is 0.198. The Balaban J connectivity index is 1.58. The lowest BCUT2D eigenvalue weighted by Crippen LogP contribution is -2.39. The Bertz CT molecular complexity index is 754. The molecule has 2 nitrogen and oxygen atoms in total. The molecule has 1 aliphatic heterocycles. The second-order valence-electron chi connectivity index (χ2n) is 7.41. The van der Waals surface area contributed by atoms with E-state index < -0.39 is 0 Å². The summed E-state index contributed by atoms with van der Waals surface area (Å²) in [5.41, 5.74) is 4.19. The number of rotatable bonds is 4. The van der Waals surface area contributed by atoms with E-state index in [1.54, 1.807) is 0 Å². The first-order valence-corrected chi connectivity index (χ1v) is 8.79. The van der Waals surface area contributed by atoms with Crippen molar-refractivity contribution in [2.75, 3.05) is 11.9 Å². The number of likely N-dealkylation sites (N-methyl/N-ethyl adjacent to an activating group) is 1. The molecule has 0 radical (unpaired) electrons. The van der Waals surface area contributed by atoms with E-state index >= 15 is 0 Å². The van der Waals surface area contributed by atoms with Crippen molar-refractivity contribution in [3.05, 3.63) is 72.3 Å². The van der Waals surface area contributed by atoms with Gasteiger partial charge in [0.2, 0.25) is 0 Å². The van der Waals surface area contributed by atoms with Crippen LogP contribution in [0.2, 0.25) is 0 Å². The van der Waals surface area contributed by atoms with Crippen LogP contribution in [0.3, 0.4) is 0 Å². The van der Waals surface area contributed by atoms with Crippen molar-refractivity contribution in [1.82, 2.24) is 0 Å². The Morgan fingerprint density at radius 2 is 2.04 bits per heavy atom. The smallest absolute Gasteiger partial charge is 0.120 e. The van der Waals surface area contributed by atoms with Gasteiger partial charge in [-0.1, -0.05) is 43.3 Å². The summed E-state index contributed by atoms with van der Waals surface area (Å²) in [7, 11) is 2.22. The Morgan fingerprint density at radius 1 is 1.25 bits per heavy atom. The lowest BCUT2D eigenvalue weighted by molar-refractivity contribution is 0.306. The number of hydrogen-bond donors (Lipinski definition) is 0. The molecule has 0 aromatic heterocycles. The largest absolute Gasteiger partial charge is 0.489 e. The fraction of sp³-hybridized carbons (Fsp3) is 0.364. The summed E-state index contributed by atoms with van der Waals surface area (Å²) < 4.78 is 6.04. The predicted octanol–water partition coefficient (Wildman–Crippen LogP) is 5.15. The summed E-state index contributed by atoms with van der Waals surface area (Å²) in [5.74, 6) is 1.56. The Hall–Kier alpha value is -2.22. The Labute approximate surface area is 144 Å². The molecule has 0 N–H and O–H groups in total. The summed E-state index contributed by atoms with van der Waals surface area (Å²) in [5, 5.41) is 0. The Kier molecular flexibility index (Phi) is 3.64. The second-order valence-corrected chi connectivity index (χ2v) is 7.41. The SMILES string of the molecule is C=CC1(C)CCC2c3cc(OCc4ccccc4)ccc3N(C)C21. The first-order chi connectivity index (χ1) is 11.6. The van der Waals surface area contributed by atoms with E-state index in [9.17, 15) is 0 Å². The molecule has 0 amide bonds. The van der Waals surface area contributed by atoms with Crippen molar-refractivity contribution in [2.24, 2.45) is 5.41 Å². The Morgan fingerprint density at radius 3 is 2.79 bits per heavy atom. The highest BCUT2D eigenvalue weighted by Crippen LogP contribution is 2.57. The summed E-state index contributed by atoms with van der Waals surface area (Å²) in [6.07, 6.45) is 4.60. The number of ether oxygens (including phenoxy) is 1. The van der Waals surface area contributed by atoms with Gasteiger partial charge in [-0.05, 0) is 42.2 Å². The van der Waals surface area contributed by atoms with Crippen LogP contribution >= 0.6 is 0 Å². The molecule has 4 rings (SSSR count). The topological polar surface area (TPSA) is 12.5 Å². The summed E-state index contributed by atoms with van der Waals surface area (Å²) >= 11 is 0. The van der Waals surface area contributed by atoms with Crippen LogP contribution in [0.4, 0.5) is 5.69 Å². The van der Waals surface area contributed by atoms with Crippen molar-refractivity contribution in [1.29, 1.82) is 0 Å². The van der Waals surface area contributed by atoms with Crippen LogP contribution in [0, 0.1) is 5.41 Å². The molecular formula is C22H25NO. The number of benzene rings is 2. The first kappa shape index (κ1) is 15.3. The molecule has 2 aromatic rings. The zero-order chi connectivity index (χ0) is 16.7. The molecule has 1 saturated carbocycles. The maximum Gasteiger partial charge on any atom is 0.120 e. The summed E-state index contributed by atoms with van der Waals surface area (Å²) in [4.78, 5) is 2.45. The molecule has 3 unspecified atom stereocenters. The molecule has 0 bridgehead atoms. The maximum absolute atomic E-state index is 6.04. The van der Waals surface area contributed by atoms with E-state index in [4.69, 9.17) is 4.74 Å². The quantitative estimate of drug-likeness (QED) is 0.722. The fourth-order valence-corrected chi connectivity index (χ4v) is 4.62. The van der Waals surface area contributed by atoms with Crippen LogP contribution in [0.5, 0.6) is 5.75 Å². The third-order valence-corrected chi connectivity index (χ3v) is 5.96. The van der Waals surface area contributed by atoms with Gasteiger partial charge in [0.05, 0.1) is 0 Å². The van der Waals surface area contributed by atoms with Gasteiger partial charge in [-0.3, -0.25) is 0 Å². The molecule has 1 fully saturated rings. The van der Waals surface area contributed by atoms with Gasteiger partial charge in [0, 0.05) is 30.1 Å². The molecule has 24 heavy (non-hydrogen) atoms. The molecule has 124 valence electrons. The third kappa shape index (κ3) is 2.32. The lowest BCUT2D eigenvalue weighted by atomic mass is 9.82. The van der Waals surface area contributed by atoms with Gasteiger partial charge in [0.1, 0.15) is 12.4 Å². The van der Waals surface area contributed by atoms with Gasteiger partial charge in [-0.25, -0.2) is 0 Å². The van der Waals surface area contributed by atoms with Crippen LogP contribution in [-0.4, -0.2) is 13.1 Å². The van der Waals surface area contributed by atoms with E-state index in [-0.39, 0.29) is 5.41 Å². The van der Waals surface area contributed by atoms with Gasteiger partial charge < -0.3 is 9.64 Å². The molecule has 2 aromatic carbocycles. The molecule has 3 atom stereocenters. The zero-order valence-electron chi connectivity index (χ0n) is 14.5. The average molecular weight is 319 g/mol. The van der Waals surface area contributed by atoms with Gasteiger partial charge in [0.25, 0.3) is 0 Å². The van der Waals surface area contributed by atoms with E-state index in [1.165, 1.54) is 29.7 Å². The van der Waals surface area contributed by atoms with Crippen molar-refractivity contribution in [3.63, 3.8) is 0 Å². The van der Waals surface area contributed by atoms with E-state index in [2.05, 4.69) is 74.0 Å². The van der Waals surface area contributed by atoms with Gasteiger partial charge >= 0.3 is 0 Å². The van der Waals surface area contributed by atoms with Crippen molar-refractivity contribution in [3.8, 4) is 5.75 Å². The highest BCUT2D eigenvalue weighted by atomic mass is 16.5. The van der Waals surface area contributed by atoms with E-state index in [0.717, 1.165) is 5.75 Å². The summed E-state index contributed by atoms with van der Waals surface area (Å²) in [6.45, 7) is 7.07. The van der Waals surface area contributed by atoms with Crippen LogP contribution < -0.4 is 9.64 Å². The van der Waals surface area contributed by atoms with Crippen LogP contribution in [-0.2, 0) is 6.61 Å². The number of hydrogen-bond acceptors (Lipinski definition) is 2. The first-order valence-electron chi connectivity index (χ1n) is 8.79.